The summed E-state index contributed by atoms with van der Waals surface area (Å²) in [6, 6.07) is 2.84. The highest BCUT2D eigenvalue weighted by Gasteiger charge is 2.24. The molecule has 1 saturated heterocycles. The molecule has 0 bridgehead atoms. The Morgan fingerprint density at radius 2 is 2.20 bits per heavy atom. The molecule has 0 radical (unpaired) electrons. The maximum Gasteiger partial charge on any atom is 0.227 e. The van der Waals surface area contributed by atoms with Crippen LogP contribution in [0.25, 0.3) is 0 Å². The molecule has 1 heterocycles. The SMILES string of the molecule is Cc1c(Br)cc(F)cc1N1CCCC1=O. The fourth-order valence-corrected chi connectivity index (χ4v) is 2.24. The van der Waals surface area contributed by atoms with Crippen LogP contribution in [0.4, 0.5) is 10.1 Å². The van der Waals surface area contributed by atoms with Crippen molar-refractivity contribution in [3.8, 4) is 0 Å². The summed E-state index contributed by atoms with van der Waals surface area (Å²) < 4.78 is 13.9. The third-order valence-corrected chi connectivity index (χ3v) is 3.47. The number of nitrogens with zero attached hydrogens (tertiary/aromatic N) is 1. The van der Waals surface area contributed by atoms with Crippen LogP contribution in [0.15, 0.2) is 16.6 Å². The molecule has 1 aliphatic rings. The minimum atomic E-state index is -0.317. The van der Waals surface area contributed by atoms with Crippen LogP contribution in [0.2, 0.25) is 0 Å². The lowest BCUT2D eigenvalue weighted by Crippen LogP contribution is -2.24. The minimum Gasteiger partial charge on any atom is -0.312 e. The Morgan fingerprint density at radius 1 is 1.47 bits per heavy atom. The van der Waals surface area contributed by atoms with E-state index in [4.69, 9.17) is 0 Å². The predicted molar refractivity (Wildman–Crippen MR) is 60.4 cm³/mol. The largest absolute Gasteiger partial charge is 0.312 e. The van der Waals surface area contributed by atoms with Gasteiger partial charge >= 0.3 is 0 Å². The molecular formula is C11H11BrFNO. The van der Waals surface area contributed by atoms with Crippen LogP contribution >= 0.6 is 15.9 Å². The molecule has 1 fully saturated rings. The molecule has 1 aromatic carbocycles. The zero-order valence-corrected chi connectivity index (χ0v) is 9.97. The van der Waals surface area contributed by atoms with Crippen molar-refractivity contribution < 1.29 is 9.18 Å². The van der Waals surface area contributed by atoms with E-state index in [2.05, 4.69) is 15.9 Å². The maximum atomic E-state index is 13.2. The van der Waals surface area contributed by atoms with Gasteiger partial charge in [0.2, 0.25) is 5.91 Å². The van der Waals surface area contributed by atoms with E-state index in [1.807, 2.05) is 6.92 Å². The topological polar surface area (TPSA) is 20.3 Å². The van der Waals surface area contributed by atoms with Crippen molar-refractivity contribution in [2.45, 2.75) is 19.8 Å². The van der Waals surface area contributed by atoms with Gasteiger partial charge < -0.3 is 4.90 Å². The van der Waals surface area contributed by atoms with E-state index in [0.29, 0.717) is 23.1 Å². The molecule has 15 heavy (non-hydrogen) atoms. The van der Waals surface area contributed by atoms with E-state index < -0.39 is 0 Å². The highest BCUT2D eigenvalue weighted by Crippen LogP contribution is 2.31. The number of halogens is 2. The van der Waals surface area contributed by atoms with Gasteiger partial charge in [0.05, 0.1) is 5.69 Å². The van der Waals surface area contributed by atoms with Crippen molar-refractivity contribution in [3.05, 3.63) is 28.0 Å². The standard InChI is InChI=1S/C11H11BrFNO/c1-7-9(12)5-8(13)6-10(7)14-4-2-3-11(14)15/h5-6H,2-4H2,1H3. The van der Waals surface area contributed by atoms with E-state index in [9.17, 15) is 9.18 Å². The van der Waals surface area contributed by atoms with Gasteiger partial charge in [-0.25, -0.2) is 4.39 Å². The van der Waals surface area contributed by atoms with Gasteiger partial charge in [0, 0.05) is 17.4 Å². The molecule has 0 atom stereocenters. The first-order valence-corrected chi connectivity index (χ1v) is 5.65. The molecule has 4 heteroatoms. The van der Waals surface area contributed by atoms with Gasteiger partial charge in [0.25, 0.3) is 0 Å². The number of rotatable bonds is 1. The smallest absolute Gasteiger partial charge is 0.227 e. The first-order chi connectivity index (χ1) is 7.09. The van der Waals surface area contributed by atoms with Crippen molar-refractivity contribution in [3.63, 3.8) is 0 Å². The van der Waals surface area contributed by atoms with E-state index in [0.717, 1.165) is 12.0 Å². The van der Waals surface area contributed by atoms with Crippen LogP contribution in [0.5, 0.6) is 0 Å². The maximum absolute atomic E-state index is 13.2. The second kappa shape index (κ2) is 3.93. The third kappa shape index (κ3) is 1.91. The number of hydrogen-bond acceptors (Lipinski definition) is 1. The zero-order valence-electron chi connectivity index (χ0n) is 8.39. The minimum absolute atomic E-state index is 0.0793. The second-order valence-corrected chi connectivity index (χ2v) is 4.54. The number of amides is 1. The van der Waals surface area contributed by atoms with Gasteiger partial charge in [-0.1, -0.05) is 15.9 Å². The third-order valence-electron chi connectivity index (χ3n) is 2.65. The summed E-state index contributed by atoms with van der Waals surface area (Å²) in [5.41, 5.74) is 1.59. The molecule has 0 aromatic heterocycles. The number of carbonyl (C=O) groups excluding carboxylic acids is 1. The quantitative estimate of drug-likeness (QED) is 0.769. The molecular weight excluding hydrogens is 261 g/mol. The molecule has 1 aromatic rings. The van der Waals surface area contributed by atoms with Crippen LogP contribution in [-0.4, -0.2) is 12.5 Å². The first kappa shape index (κ1) is 10.6. The summed E-state index contributed by atoms with van der Waals surface area (Å²) in [4.78, 5) is 13.2. The van der Waals surface area contributed by atoms with Gasteiger partial charge in [0.15, 0.2) is 0 Å². The normalized spacial score (nSPS) is 16.2. The number of hydrogen-bond donors (Lipinski definition) is 0. The van der Waals surface area contributed by atoms with Crippen molar-refractivity contribution in [2.24, 2.45) is 0 Å². The van der Waals surface area contributed by atoms with E-state index in [1.165, 1.54) is 12.1 Å². The van der Waals surface area contributed by atoms with Crippen molar-refractivity contribution in [1.82, 2.24) is 0 Å². The Morgan fingerprint density at radius 3 is 2.80 bits per heavy atom. The summed E-state index contributed by atoms with van der Waals surface area (Å²) in [6.07, 6.45) is 1.42. The monoisotopic (exact) mass is 271 g/mol. The average molecular weight is 272 g/mol. The first-order valence-electron chi connectivity index (χ1n) is 4.85. The lowest BCUT2D eigenvalue weighted by atomic mass is 10.2. The molecule has 0 aliphatic carbocycles. The van der Waals surface area contributed by atoms with Crippen LogP contribution in [-0.2, 0) is 4.79 Å². The summed E-state index contributed by atoms with van der Waals surface area (Å²) >= 11 is 3.29. The van der Waals surface area contributed by atoms with E-state index >= 15 is 0 Å². The van der Waals surface area contributed by atoms with Crippen molar-refractivity contribution >= 4 is 27.5 Å². The highest BCUT2D eigenvalue weighted by molar-refractivity contribution is 9.10. The number of carbonyl (C=O) groups is 1. The van der Waals surface area contributed by atoms with Gasteiger partial charge in [0.1, 0.15) is 5.82 Å². The summed E-state index contributed by atoms with van der Waals surface area (Å²) in [5, 5.41) is 0. The summed E-state index contributed by atoms with van der Waals surface area (Å²) in [7, 11) is 0. The number of anilines is 1. The highest BCUT2D eigenvalue weighted by atomic mass is 79.9. The fourth-order valence-electron chi connectivity index (χ4n) is 1.82. The van der Waals surface area contributed by atoms with E-state index in [-0.39, 0.29) is 11.7 Å². The van der Waals surface area contributed by atoms with Crippen molar-refractivity contribution in [1.29, 1.82) is 0 Å². The lowest BCUT2D eigenvalue weighted by Gasteiger charge is -2.19. The molecule has 2 rings (SSSR count). The Bertz CT molecular complexity index is 419. The summed E-state index contributed by atoms with van der Waals surface area (Å²) in [6.45, 7) is 2.57. The zero-order chi connectivity index (χ0) is 11.0. The molecule has 80 valence electrons. The molecule has 2 nitrogen and oxygen atoms in total. The van der Waals surface area contributed by atoms with E-state index in [1.54, 1.807) is 4.90 Å². The van der Waals surface area contributed by atoms with Gasteiger partial charge in [-0.15, -0.1) is 0 Å². The Hall–Kier alpha value is -0.900. The van der Waals surface area contributed by atoms with Crippen LogP contribution < -0.4 is 4.90 Å². The van der Waals surface area contributed by atoms with Crippen LogP contribution in [0.1, 0.15) is 18.4 Å². The summed E-state index contributed by atoms with van der Waals surface area (Å²) in [5.74, 6) is -0.238. The predicted octanol–water partition coefficient (Wildman–Crippen LogP) is 3.02. The van der Waals surface area contributed by atoms with Gasteiger partial charge in [-0.3, -0.25) is 4.79 Å². The molecule has 0 N–H and O–H groups in total. The average Bonchev–Trinajstić information content (AvgIpc) is 2.58. The van der Waals surface area contributed by atoms with Crippen LogP contribution in [0, 0.1) is 12.7 Å². The Kier molecular flexibility index (Phi) is 2.78. The Labute approximate surface area is 96.2 Å². The molecule has 0 saturated carbocycles. The van der Waals surface area contributed by atoms with Gasteiger partial charge in [-0.2, -0.15) is 0 Å². The van der Waals surface area contributed by atoms with Crippen molar-refractivity contribution in [2.75, 3.05) is 11.4 Å². The fraction of sp³-hybridized carbons (Fsp3) is 0.364. The molecule has 0 unspecified atom stereocenters. The second-order valence-electron chi connectivity index (χ2n) is 3.68. The molecule has 1 aliphatic heterocycles. The van der Waals surface area contributed by atoms with Gasteiger partial charge in [-0.05, 0) is 31.0 Å². The lowest BCUT2D eigenvalue weighted by molar-refractivity contribution is -0.117. The van der Waals surface area contributed by atoms with Crippen LogP contribution in [0.3, 0.4) is 0 Å². The molecule has 1 amide bonds. The Balaban J connectivity index is 2.47. The molecule has 0 spiro atoms. The number of benzene rings is 1.